The Labute approximate surface area is 122 Å². The Morgan fingerprint density at radius 3 is 2.70 bits per heavy atom. The molecule has 0 aliphatic heterocycles. The topological polar surface area (TPSA) is 46.5 Å². The van der Waals surface area contributed by atoms with Crippen LogP contribution in [-0.2, 0) is 9.53 Å². The first-order valence-electron chi connectivity index (χ1n) is 6.72. The molecule has 1 heterocycles. The Hall–Kier alpha value is -1.65. The zero-order chi connectivity index (χ0) is 14.4. The normalized spacial score (nSPS) is 12.1. The summed E-state index contributed by atoms with van der Waals surface area (Å²) >= 11 is 1.41. The van der Waals surface area contributed by atoms with E-state index < -0.39 is 12.1 Å². The third-order valence-electron chi connectivity index (χ3n) is 2.92. The number of carbonyl (C=O) groups excluding carboxylic acids is 1. The number of thiophene rings is 1. The maximum absolute atomic E-state index is 11.7. The van der Waals surface area contributed by atoms with Gasteiger partial charge in [0, 0.05) is 9.75 Å². The number of benzene rings is 1. The van der Waals surface area contributed by atoms with Crippen molar-refractivity contribution in [1.29, 1.82) is 0 Å². The monoisotopic (exact) mass is 290 g/mol. The van der Waals surface area contributed by atoms with Crippen molar-refractivity contribution >= 4 is 17.3 Å². The second-order valence-corrected chi connectivity index (χ2v) is 5.61. The Bertz CT molecular complexity index is 548. The summed E-state index contributed by atoms with van der Waals surface area (Å²) < 4.78 is 5.03. The van der Waals surface area contributed by atoms with E-state index in [0.717, 1.165) is 23.3 Å². The first-order chi connectivity index (χ1) is 9.72. The molecule has 0 unspecified atom stereocenters. The summed E-state index contributed by atoms with van der Waals surface area (Å²) in [7, 11) is 0. The summed E-state index contributed by atoms with van der Waals surface area (Å²) in [6, 6.07) is 13.6. The first-order valence-corrected chi connectivity index (χ1v) is 7.54. The van der Waals surface area contributed by atoms with E-state index in [1.54, 1.807) is 6.07 Å². The Morgan fingerprint density at radius 1 is 1.25 bits per heavy atom. The molecule has 0 spiro atoms. The average molecular weight is 290 g/mol. The second-order valence-electron chi connectivity index (χ2n) is 4.49. The van der Waals surface area contributed by atoms with E-state index >= 15 is 0 Å². The van der Waals surface area contributed by atoms with Crippen molar-refractivity contribution in [3.63, 3.8) is 0 Å². The standard InChI is InChI=1S/C16H18O3S/c1-2-3-11-19-16(18)15(17)14-10-9-13(20-14)12-7-5-4-6-8-12/h4-10,15,17H,2-3,11H2,1H3/t15-/m0/s1. The van der Waals surface area contributed by atoms with Gasteiger partial charge in [0.25, 0.3) is 0 Å². The van der Waals surface area contributed by atoms with Crippen LogP contribution in [0.25, 0.3) is 10.4 Å². The number of unbranched alkanes of at least 4 members (excludes halogenated alkanes) is 1. The summed E-state index contributed by atoms with van der Waals surface area (Å²) in [6.07, 6.45) is 0.591. The number of aliphatic hydroxyl groups is 1. The van der Waals surface area contributed by atoms with Crippen molar-refractivity contribution in [3.8, 4) is 10.4 Å². The second kappa shape index (κ2) is 7.22. The predicted molar refractivity (Wildman–Crippen MR) is 80.6 cm³/mol. The van der Waals surface area contributed by atoms with E-state index in [9.17, 15) is 9.90 Å². The molecule has 0 radical (unpaired) electrons. The number of carbonyl (C=O) groups is 1. The van der Waals surface area contributed by atoms with Crippen LogP contribution in [0.3, 0.4) is 0 Å². The lowest BCUT2D eigenvalue weighted by Crippen LogP contribution is -2.15. The van der Waals surface area contributed by atoms with E-state index in [1.807, 2.05) is 43.3 Å². The van der Waals surface area contributed by atoms with Gasteiger partial charge in [0.05, 0.1) is 6.61 Å². The van der Waals surface area contributed by atoms with Gasteiger partial charge in [-0.1, -0.05) is 43.7 Å². The number of rotatable bonds is 6. The van der Waals surface area contributed by atoms with Crippen LogP contribution in [-0.4, -0.2) is 17.7 Å². The molecule has 1 N–H and O–H groups in total. The zero-order valence-corrected chi connectivity index (χ0v) is 12.2. The Balaban J connectivity index is 2.03. The molecule has 1 aromatic carbocycles. The summed E-state index contributed by atoms with van der Waals surface area (Å²) in [4.78, 5) is 13.3. The van der Waals surface area contributed by atoms with E-state index in [0.29, 0.717) is 11.5 Å². The van der Waals surface area contributed by atoms with Gasteiger partial charge in [-0.05, 0) is 24.1 Å². The van der Waals surface area contributed by atoms with E-state index in [-0.39, 0.29) is 0 Å². The molecule has 0 saturated carbocycles. The third kappa shape index (κ3) is 3.68. The molecule has 2 aromatic rings. The zero-order valence-electron chi connectivity index (χ0n) is 11.4. The fourth-order valence-electron chi connectivity index (χ4n) is 1.77. The minimum atomic E-state index is -1.19. The molecule has 106 valence electrons. The average Bonchev–Trinajstić information content (AvgIpc) is 2.97. The van der Waals surface area contributed by atoms with Crippen molar-refractivity contribution < 1.29 is 14.6 Å². The van der Waals surface area contributed by atoms with Crippen molar-refractivity contribution in [3.05, 3.63) is 47.3 Å². The van der Waals surface area contributed by atoms with Crippen LogP contribution < -0.4 is 0 Å². The molecule has 0 saturated heterocycles. The molecule has 0 bridgehead atoms. The van der Waals surface area contributed by atoms with Gasteiger partial charge in [0.2, 0.25) is 0 Å². The van der Waals surface area contributed by atoms with Gasteiger partial charge in [-0.25, -0.2) is 4.79 Å². The number of esters is 1. The molecule has 0 amide bonds. The van der Waals surface area contributed by atoms with Crippen LogP contribution in [0.4, 0.5) is 0 Å². The molecule has 4 heteroatoms. The Morgan fingerprint density at radius 2 is 2.00 bits per heavy atom. The van der Waals surface area contributed by atoms with Crippen LogP contribution in [0.15, 0.2) is 42.5 Å². The van der Waals surface area contributed by atoms with Gasteiger partial charge in [-0.2, -0.15) is 0 Å². The van der Waals surface area contributed by atoms with Gasteiger partial charge in [0.15, 0.2) is 6.10 Å². The predicted octanol–water partition coefficient (Wildman–Crippen LogP) is 3.79. The van der Waals surface area contributed by atoms with E-state index in [2.05, 4.69) is 0 Å². The highest BCUT2D eigenvalue weighted by Gasteiger charge is 2.21. The SMILES string of the molecule is CCCCOC(=O)[C@@H](O)c1ccc(-c2ccccc2)s1. The van der Waals surface area contributed by atoms with Gasteiger partial charge in [0.1, 0.15) is 0 Å². The van der Waals surface area contributed by atoms with Crippen molar-refractivity contribution in [2.45, 2.75) is 25.9 Å². The molecule has 0 aliphatic rings. The fraction of sp³-hybridized carbons (Fsp3) is 0.312. The van der Waals surface area contributed by atoms with E-state index in [1.165, 1.54) is 11.3 Å². The quantitative estimate of drug-likeness (QED) is 0.650. The highest BCUT2D eigenvalue weighted by Crippen LogP contribution is 2.31. The van der Waals surface area contributed by atoms with Crippen molar-refractivity contribution in [1.82, 2.24) is 0 Å². The summed E-state index contributed by atoms with van der Waals surface area (Å²) in [5, 5.41) is 9.98. The smallest absolute Gasteiger partial charge is 0.340 e. The van der Waals surface area contributed by atoms with Crippen molar-refractivity contribution in [2.75, 3.05) is 6.61 Å². The summed E-state index contributed by atoms with van der Waals surface area (Å²) in [5.41, 5.74) is 1.08. The Kier molecular flexibility index (Phi) is 5.32. The third-order valence-corrected chi connectivity index (χ3v) is 4.11. The number of hydrogen-bond acceptors (Lipinski definition) is 4. The van der Waals surface area contributed by atoms with Gasteiger partial charge >= 0.3 is 5.97 Å². The number of aliphatic hydroxyl groups excluding tert-OH is 1. The maximum Gasteiger partial charge on any atom is 0.340 e. The molecule has 1 aromatic heterocycles. The van der Waals surface area contributed by atoms with Gasteiger partial charge in [-0.15, -0.1) is 11.3 Å². The van der Waals surface area contributed by atoms with Crippen LogP contribution in [0.1, 0.15) is 30.7 Å². The molecule has 0 fully saturated rings. The minimum absolute atomic E-state index is 0.364. The van der Waals surface area contributed by atoms with Crippen molar-refractivity contribution in [2.24, 2.45) is 0 Å². The van der Waals surface area contributed by atoms with Crippen LogP contribution in [0.5, 0.6) is 0 Å². The highest BCUT2D eigenvalue weighted by atomic mass is 32.1. The lowest BCUT2D eigenvalue weighted by molar-refractivity contribution is -0.153. The summed E-state index contributed by atoms with van der Waals surface area (Å²) in [6.45, 7) is 2.39. The number of hydrogen-bond donors (Lipinski definition) is 1. The lowest BCUT2D eigenvalue weighted by atomic mass is 10.2. The highest BCUT2D eigenvalue weighted by molar-refractivity contribution is 7.15. The minimum Gasteiger partial charge on any atom is -0.463 e. The molecule has 1 atom stereocenters. The van der Waals surface area contributed by atoms with Crippen LogP contribution in [0.2, 0.25) is 0 Å². The molecular formula is C16H18O3S. The molecular weight excluding hydrogens is 272 g/mol. The molecule has 3 nitrogen and oxygen atoms in total. The summed E-state index contributed by atoms with van der Waals surface area (Å²) in [5.74, 6) is -0.570. The lowest BCUT2D eigenvalue weighted by Gasteiger charge is -2.08. The first kappa shape index (κ1) is 14.8. The maximum atomic E-state index is 11.7. The van der Waals surface area contributed by atoms with Crippen LogP contribution >= 0.6 is 11.3 Å². The molecule has 2 rings (SSSR count). The van der Waals surface area contributed by atoms with E-state index in [4.69, 9.17) is 4.74 Å². The fourth-order valence-corrected chi connectivity index (χ4v) is 2.76. The van der Waals surface area contributed by atoms with Crippen LogP contribution in [0, 0.1) is 0 Å². The largest absolute Gasteiger partial charge is 0.463 e. The molecule has 20 heavy (non-hydrogen) atoms. The van der Waals surface area contributed by atoms with Gasteiger partial charge < -0.3 is 9.84 Å². The number of ether oxygens (including phenoxy) is 1. The van der Waals surface area contributed by atoms with Gasteiger partial charge in [-0.3, -0.25) is 0 Å². The molecule has 0 aliphatic carbocycles.